The van der Waals surface area contributed by atoms with E-state index in [4.69, 9.17) is 4.74 Å². The Morgan fingerprint density at radius 2 is 2.00 bits per heavy atom. The molecule has 1 nitrogen and oxygen atoms in total. The fourth-order valence-corrected chi connectivity index (χ4v) is 3.58. The second-order valence-electron chi connectivity index (χ2n) is 4.65. The SMILES string of the molecule is COc1ccc(SC[C@@H]2CCC[C@H]2C)cc1. The van der Waals surface area contributed by atoms with Crippen LogP contribution in [0, 0.1) is 11.8 Å². The van der Waals surface area contributed by atoms with Crippen LogP contribution in [0.15, 0.2) is 29.2 Å². The Bertz CT molecular complexity index is 320. The van der Waals surface area contributed by atoms with Crippen LogP contribution in [0.3, 0.4) is 0 Å². The molecule has 0 radical (unpaired) electrons. The molecule has 1 aliphatic rings. The highest BCUT2D eigenvalue weighted by Crippen LogP contribution is 2.35. The summed E-state index contributed by atoms with van der Waals surface area (Å²) in [6.45, 7) is 2.40. The summed E-state index contributed by atoms with van der Waals surface area (Å²) in [6.07, 6.45) is 4.27. The van der Waals surface area contributed by atoms with Gasteiger partial charge in [-0.1, -0.05) is 19.8 Å². The summed E-state index contributed by atoms with van der Waals surface area (Å²) in [5, 5.41) is 0. The molecular weight excluding hydrogens is 216 g/mol. The van der Waals surface area contributed by atoms with Crippen molar-refractivity contribution in [3.63, 3.8) is 0 Å². The molecule has 0 N–H and O–H groups in total. The Kier molecular flexibility index (Phi) is 4.16. The lowest BCUT2D eigenvalue weighted by Crippen LogP contribution is -2.06. The lowest BCUT2D eigenvalue weighted by molar-refractivity contribution is 0.414. The molecule has 2 rings (SSSR count). The fraction of sp³-hybridized carbons (Fsp3) is 0.571. The van der Waals surface area contributed by atoms with Crippen molar-refractivity contribution >= 4 is 11.8 Å². The van der Waals surface area contributed by atoms with E-state index in [1.165, 1.54) is 29.9 Å². The predicted molar refractivity (Wildman–Crippen MR) is 70.2 cm³/mol. The Morgan fingerprint density at radius 1 is 1.25 bits per heavy atom. The molecule has 2 atom stereocenters. The maximum Gasteiger partial charge on any atom is 0.118 e. The largest absolute Gasteiger partial charge is 0.497 e. The van der Waals surface area contributed by atoms with E-state index in [-0.39, 0.29) is 0 Å². The number of benzene rings is 1. The van der Waals surface area contributed by atoms with Gasteiger partial charge in [-0.3, -0.25) is 0 Å². The zero-order chi connectivity index (χ0) is 11.4. The van der Waals surface area contributed by atoms with Crippen molar-refractivity contribution in [2.75, 3.05) is 12.9 Å². The van der Waals surface area contributed by atoms with Crippen molar-refractivity contribution in [2.24, 2.45) is 11.8 Å². The molecule has 0 spiro atoms. The van der Waals surface area contributed by atoms with Crippen molar-refractivity contribution < 1.29 is 4.74 Å². The number of thioether (sulfide) groups is 1. The first-order chi connectivity index (χ1) is 7.79. The van der Waals surface area contributed by atoms with Gasteiger partial charge in [0.15, 0.2) is 0 Å². The summed E-state index contributed by atoms with van der Waals surface area (Å²) in [6, 6.07) is 8.40. The first kappa shape index (κ1) is 11.8. The van der Waals surface area contributed by atoms with E-state index < -0.39 is 0 Å². The molecular formula is C14H20OS. The van der Waals surface area contributed by atoms with Crippen molar-refractivity contribution in [2.45, 2.75) is 31.1 Å². The van der Waals surface area contributed by atoms with Gasteiger partial charge in [-0.15, -0.1) is 11.8 Å². The van der Waals surface area contributed by atoms with Gasteiger partial charge in [0.2, 0.25) is 0 Å². The van der Waals surface area contributed by atoms with E-state index >= 15 is 0 Å². The van der Waals surface area contributed by atoms with Gasteiger partial charge < -0.3 is 4.74 Å². The third kappa shape index (κ3) is 2.94. The molecule has 1 saturated carbocycles. The third-order valence-electron chi connectivity index (χ3n) is 3.56. The normalized spacial score (nSPS) is 24.6. The second-order valence-corrected chi connectivity index (χ2v) is 5.75. The van der Waals surface area contributed by atoms with E-state index in [2.05, 4.69) is 19.1 Å². The van der Waals surface area contributed by atoms with Gasteiger partial charge in [0, 0.05) is 10.6 Å². The molecule has 1 aromatic rings. The van der Waals surface area contributed by atoms with Crippen LogP contribution in [0.5, 0.6) is 5.75 Å². The highest BCUT2D eigenvalue weighted by atomic mass is 32.2. The van der Waals surface area contributed by atoms with Crippen LogP contribution in [-0.2, 0) is 0 Å². The maximum atomic E-state index is 5.15. The highest BCUT2D eigenvalue weighted by Gasteiger charge is 2.22. The first-order valence-electron chi connectivity index (χ1n) is 6.06. The van der Waals surface area contributed by atoms with Crippen molar-refractivity contribution in [3.8, 4) is 5.75 Å². The molecule has 0 heterocycles. The average molecular weight is 236 g/mol. The zero-order valence-corrected chi connectivity index (χ0v) is 10.9. The van der Waals surface area contributed by atoms with Crippen LogP contribution in [0.4, 0.5) is 0 Å². The van der Waals surface area contributed by atoms with E-state index in [9.17, 15) is 0 Å². The molecule has 0 bridgehead atoms. The number of rotatable bonds is 4. The summed E-state index contributed by atoms with van der Waals surface area (Å²) in [7, 11) is 1.71. The summed E-state index contributed by atoms with van der Waals surface area (Å²) in [5.74, 6) is 4.06. The van der Waals surface area contributed by atoms with Crippen LogP contribution >= 0.6 is 11.8 Å². The Hall–Kier alpha value is -0.630. The highest BCUT2D eigenvalue weighted by molar-refractivity contribution is 7.99. The van der Waals surface area contributed by atoms with Gasteiger partial charge in [0.25, 0.3) is 0 Å². The fourth-order valence-electron chi connectivity index (χ4n) is 2.35. The molecule has 0 saturated heterocycles. The Balaban J connectivity index is 1.84. The minimum atomic E-state index is 0.922. The van der Waals surface area contributed by atoms with Crippen molar-refractivity contribution in [1.82, 2.24) is 0 Å². The molecule has 0 amide bonds. The van der Waals surface area contributed by atoms with E-state index in [1.54, 1.807) is 7.11 Å². The Labute approximate surface area is 103 Å². The minimum absolute atomic E-state index is 0.922. The van der Waals surface area contributed by atoms with Gasteiger partial charge in [0.1, 0.15) is 5.75 Å². The van der Waals surface area contributed by atoms with E-state index in [0.29, 0.717) is 0 Å². The molecule has 1 aliphatic carbocycles. The zero-order valence-electron chi connectivity index (χ0n) is 10.1. The second kappa shape index (κ2) is 5.62. The molecule has 1 fully saturated rings. The quantitative estimate of drug-likeness (QED) is 0.724. The topological polar surface area (TPSA) is 9.23 Å². The van der Waals surface area contributed by atoms with E-state index in [1.807, 2.05) is 23.9 Å². The van der Waals surface area contributed by atoms with Crippen molar-refractivity contribution in [3.05, 3.63) is 24.3 Å². The van der Waals surface area contributed by atoms with Crippen LogP contribution < -0.4 is 4.74 Å². The smallest absolute Gasteiger partial charge is 0.118 e. The van der Waals surface area contributed by atoms with Crippen molar-refractivity contribution in [1.29, 1.82) is 0 Å². The average Bonchev–Trinajstić information content (AvgIpc) is 2.73. The summed E-state index contributed by atoms with van der Waals surface area (Å²) >= 11 is 1.99. The molecule has 2 heteroatoms. The lowest BCUT2D eigenvalue weighted by Gasteiger charge is -2.14. The van der Waals surface area contributed by atoms with Crippen LogP contribution in [0.25, 0.3) is 0 Å². The minimum Gasteiger partial charge on any atom is -0.497 e. The standard InChI is InChI=1S/C14H20OS/c1-11-4-3-5-12(11)10-16-14-8-6-13(15-2)7-9-14/h6-9,11-12H,3-5,10H2,1-2H3/t11-,12+/m1/s1. The lowest BCUT2D eigenvalue weighted by atomic mass is 10.0. The third-order valence-corrected chi connectivity index (χ3v) is 4.76. The predicted octanol–water partition coefficient (Wildman–Crippen LogP) is 4.22. The number of ether oxygens (including phenoxy) is 1. The van der Waals surface area contributed by atoms with Crippen LogP contribution in [-0.4, -0.2) is 12.9 Å². The Morgan fingerprint density at radius 3 is 2.56 bits per heavy atom. The van der Waals surface area contributed by atoms with Crippen LogP contribution in [0.1, 0.15) is 26.2 Å². The number of hydrogen-bond acceptors (Lipinski definition) is 2. The molecule has 0 unspecified atom stereocenters. The van der Waals surface area contributed by atoms with Gasteiger partial charge in [-0.2, -0.15) is 0 Å². The summed E-state index contributed by atoms with van der Waals surface area (Å²) in [5.41, 5.74) is 0. The molecule has 1 aromatic carbocycles. The van der Waals surface area contributed by atoms with Gasteiger partial charge >= 0.3 is 0 Å². The van der Waals surface area contributed by atoms with Gasteiger partial charge in [-0.25, -0.2) is 0 Å². The maximum absolute atomic E-state index is 5.15. The molecule has 0 aliphatic heterocycles. The van der Waals surface area contributed by atoms with E-state index in [0.717, 1.165) is 17.6 Å². The van der Waals surface area contributed by atoms with Gasteiger partial charge in [0.05, 0.1) is 7.11 Å². The summed E-state index contributed by atoms with van der Waals surface area (Å²) < 4.78 is 5.15. The van der Waals surface area contributed by atoms with Gasteiger partial charge in [-0.05, 0) is 42.5 Å². The first-order valence-corrected chi connectivity index (χ1v) is 7.05. The summed E-state index contributed by atoms with van der Waals surface area (Å²) in [4.78, 5) is 1.36. The molecule has 88 valence electrons. The molecule has 16 heavy (non-hydrogen) atoms. The molecule has 0 aromatic heterocycles. The number of methoxy groups -OCH3 is 1. The van der Waals surface area contributed by atoms with Crippen LogP contribution in [0.2, 0.25) is 0 Å². The monoisotopic (exact) mass is 236 g/mol. The number of hydrogen-bond donors (Lipinski definition) is 0.